The Morgan fingerprint density at radius 3 is 3.29 bits per heavy atom. The Labute approximate surface area is 90.5 Å². The molecule has 1 unspecified atom stereocenters. The third-order valence-electron chi connectivity index (χ3n) is 2.76. The second kappa shape index (κ2) is 5.79. The average Bonchev–Trinajstić information content (AvgIpc) is 2.29. The molecule has 0 aromatic rings. The fraction of sp³-hybridized carbons (Fsp3) is 0.818. The van der Waals surface area contributed by atoms with Crippen LogP contribution in [0.3, 0.4) is 0 Å². The number of rotatable bonds is 3. The fourth-order valence-electron chi connectivity index (χ4n) is 1.91. The molecule has 0 aromatic carbocycles. The molecule has 0 bridgehead atoms. The van der Waals surface area contributed by atoms with Crippen molar-refractivity contribution >= 4 is 11.8 Å². The molecule has 0 spiro atoms. The van der Waals surface area contributed by atoms with Gasteiger partial charge in [0, 0.05) is 18.3 Å². The van der Waals surface area contributed by atoms with Gasteiger partial charge in [0.2, 0.25) is 0 Å². The molecule has 2 nitrogen and oxygen atoms in total. The van der Waals surface area contributed by atoms with Gasteiger partial charge in [0.05, 0.1) is 13.2 Å². The van der Waals surface area contributed by atoms with Crippen LogP contribution >= 0.6 is 11.8 Å². The fourth-order valence-corrected chi connectivity index (χ4v) is 3.02. The van der Waals surface area contributed by atoms with Crippen molar-refractivity contribution in [2.45, 2.75) is 25.3 Å². The smallest absolute Gasteiger partial charge is 0.0689 e. The highest BCUT2D eigenvalue weighted by atomic mass is 32.2. The van der Waals surface area contributed by atoms with E-state index in [2.05, 4.69) is 23.2 Å². The quantitative estimate of drug-likeness (QED) is 0.723. The lowest BCUT2D eigenvalue weighted by Gasteiger charge is -2.24. The molecular weight excluding hydrogens is 194 g/mol. The third-order valence-corrected chi connectivity index (χ3v) is 3.98. The van der Waals surface area contributed by atoms with Crippen LogP contribution in [0.5, 0.6) is 0 Å². The summed E-state index contributed by atoms with van der Waals surface area (Å²) in [5.74, 6) is 2.64. The molecule has 0 saturated carbocycles. The minimum atomic E-state index is 0.733. The second-order valence-electron chi connectivity index (χ2n) is 4.00. The first-order valence-electron chi connectivity index (χ1n) is 5.52. The molecule has 2 heterocycles. The maximum Gasteiger partial charge on any atom is 0.0689 e. The van der Waals surface area contributed by atoms with Gasteiger partial charge < -0.3 is 10.1 Å². The van der Waals surface area contributed by atoms with Gasteiger partial charge in [-0.3, -0.25) is 0 Å². The molecular formula is C11H19NOS. The van der Waals surface area contributed by atoms with E-state index in [0.717, 1.165) is 32.2 Å². The molecule has 2 aliphatic rings. The number of hydrogen-bond donors (Lipinski definition) is 1. The van der Waals surface area contributed by atoms with Gasteiger partial charge in [-0.2, -0.15) is 11.8 Å². The highest BCUT2D eigenvalue weighted by Crippen LogP contribution is 2.17. The van der Waals surface area contributed by atoms with E-state index in [0.29, 0.717) is 0 Å². The molecule has 3 heteroatoms. The highest BCUT2D eigenvalue weighted by molar-refractivity contribution is 7.99. The molecule has 1 atom stereocenters. The van der Waals surface area contributed by atoms with E-state index in [1.54, 1.807) is 0 Å². The van der Waals surface area contributed by atoms with Gasteiger partial charge in [-0.15, -0.1) is 0 Å². The Balaban J connectivity index is 1.67. The first kappa shape index (κ1) is 10.5. The lowest BCUT2D eigenvalue weighted by molar-refractivity contribution is 0.148. The monoisotopic (exact) mass is 213 g/mol. The predicted octanol–water partition coefficient (Wildman–Crippen LogP) is 1.82. The topological polar surface area (TPSA) is 21.3 Å². The summed E-state index contributed by atoms with van der Waals surface area (Å²) in [5.41, 5.74) is 1.44. The van der Waals surface area contributed by atoms with Crippen LogP contribution in [0.4, 0.5) is 0 Å². The van der Waals surface area contributed by atoms with Gasteiger partial charge in [-0.25, -0.2) is 0 Å². The zero-order valence-electron chi connectivity index (χ0n) is 8.63. The summed E-state index contributed by atoms with van der Waals surface area (Å²) < 4.78 is 5.41. The second-order valence-corrected chi connectivity index (χ2v) is 5.15. The van der Waals surface area contributed by atoms with Gasteiger partial charge >= 0.3 is 0 Å². The summed E-state index contributed by atoms with van der Waals surface area (Å²) in [6.45, 7) is 2.78. The van der Waals surface area contributed by atoms with Crippen molar-refractivity contribution in [2.75, 3.05) is 31.3 Å². The van der Waals surface area contributed by atoms with Crippen molar-refractivity contribution in [2.24, 2.45) is 0 Å². The minimum Gasteiger partial charge on any atom is -0.377 e. The van der Waals surface area contributed by atoms with Gasteiger partial charge in [-0.05, 0) is 30.6 Å². The largest absolute Gasteiger partial charge is 0.377 e. The third kappa shape index (κ3) is 3.30. The molecule has 0 aliphatic carbocycles. The van der Waals surface area contributed by atoms with Crippen molar-refractivity contribution in [1.29, 1.82) is 0 Å². The summed E-state index contributed by atoms with van der Waals surface area (Å²) in [6.07, 6.45) is 6.14. The molecule has 1 N–H and O–H groups in total. The molecule has 0 radical (unpaired) electrons. The van der Waals surface area contributed by atoms with Gasteiger partial charge in [0.1, 0.15) is 0 Å². The summed E-state index contributed by atoms with van der Waals surface area (Å²) in [7, 11) is 0. The summed E-state index contributed by atoms with van der Waals surface area (Å²) in [5, 5.41) is 3.62. The number of nitrogens with one attached hydrogen (secondary N) is 1. The molecule has 2 aliphatic heterocycles. The molecule has 1 saturated heterocycles. The maximum absolute atomic E-state index is 5.41. The average molecular weight is 213 g/mol. The zero-order chi connectivity index (χ0) is 9.64. The Kier molecular flexibility index (Phi) is 4.35. The number of hydrogen-bond acceptors (Lipinski definition) is 3. The molecule has 1 fully saturated rings. The SMILES string of the molecule is C1=C(CNC2CCCSC2)COCC1. The Bertz CT molecular complexity index is 199. The van der Waals surface area contributed by atoms with Crippen LogP contribution in [0.1, 0.15) is 19.3 Å². The number of thioether (sulfide) groups is 1. The Morgan fingerprint density at radius 2 is 2.57 bits per heavy atom. The van der Waals surface area contributed by atoms with Crippen LogP contribution in [0, 0.1) is 0 Å². The molecule has 80 valence electrons. The number of ether oxygens (including phenoxy) is 1. The van der Waals surface area contributed by atoms with Crippen LogP contribution in [-0.4, -0.2) is 37.3 Å². The normalized spacial score (nSPS) is 28.6. The van der Waals surface area contributed by atoms with E-state index >= 15 is 0 Å². The van der Waals surface area contributed by atoms with Crippen molar-refractivity contribution in [3.05, 3.63) is 11.6 Å². The lowest BCUT2D eigenvalue weighted by Crippen LogP contribution is -2.35. The van der Waals surface area contributed by atoms with Crippen LogP contribution < -0.4 is 5.32 Å². The lowest BCUT2D eigenvalue weighted by atomic mass is 10.1. The molecule has 14 heavy (non-hydrogen) atoms. The van der Waals surface area contributed by atoms with Crippen LogP contribution in [0.25, 0.3) is 0 Å². The van der Waals surface area contributed by atoms with Gasteiger partial charge in [0.15, 0.2) is 0 Å². The first-order chi connectivity index (χ1) is 6.95. The van der Waals surface area contributed by atoms with Crippen molar-refractivity contribution < 1.29 is 4.74 Å². The summed E-state index contributed by atoms with van der Waals surface area (Å²) >= 11 is 2.08. The predicted molar refractivity (Wildman–Crippen MR) is 61.9 cm³/mol. The van der Waals surface area contributed by atoms with E-state index in [-0.39, 0.29) is 0 Å². The van der Waals surface area contributed by atoms with Crippen molar-refractivity contribution in [3.8, 4) is 0 Å². The summed E-state index contributed by atoms with van der Waals surface area (Å²) in [4.78, 5) is 0. The van der Waals surface area contributed by atoms with E-state index in [1.165, 1.54) is 29.9 Å². The van der Waals surface area contributed by atoms with Crippen molar-refractivity contribution in [3.63, 3.8) is 0 Å². The van der Waals surface area contributed by atoms with Crippen molar-refractivity contribution in [1.82, 2.24) is 5.32 Å². The minimum absolute atomic E-state index is 0.733. The van der Waals surface area contributed by atoms with Crippen LogP contribution in [-0.2, 0) is 4.74 Å². The van der Waals surface area contributed by atoms with Gasteiger partial charge in [0.25, 0.3) is 0 Å². The highest BCUT2D eigenvalue weighted by Gasteiger charge is 2.13. The zero-order valence-corrected chi connectivity index (χ0v) is 9.44. The first-order valence-corrected chi connectivity index (χ1v) is 6.67. The molecule has 2 rings (SSSR count). The standard InChI is InChI=1S/C11H19NOS/c1-3-10(8-13-5-1)7-12-11-4-2-6-14-9-11/h3,11-12H,1-2,4-9H2. The van der Waals surface area contributed by atoms with E-state index in [4.69, 9.17) is 4.74 Å². The Hall–Kier alpha value is 0.01000. The molecule has 0 amide bonds. The Morgan fingerprint density at radius 1 is 1.57 bits per heavy atom. The van der Waals surface area contributed by atoms with Crippen LogP contribution in [0.15, 0.2) is 11.6 Å². The van der Waals surface area contributed by atoms with E-state index in [1.807, 2.05) is 0 Å². The van der Waals surface area contributed by atoms with Crippen LogP contribution in [0.2, 0.25) is 0 Å². The maximum atomic E-state index is 5.41. The summed E-state index contributed by atoms with van der Waals surface area (Å²) in [6, 6.07) is 0.733. The van der Waals surface area contributed by atoms with Gasteiger partial charge in [-0.1, -0.05) is 6.08 Å². The van der Waals surface area contributed by atoms with E-state index in [9.17, 15) is 0 Å². The molecule has 0 aromatic heterocycles. The van der Waals surface area contributed by atoms with E-state index < -0.39 is 0 Å².